The lowest BCUT2D eigenvalue weighted by atomic mass is 10.0. The standard InChI is InChI=1S/C16H17NO2/c1-4-6-13(5-2)14-7-9-15(10-8-14)16(19)17-11-12(3)18/h4-10H,1-2,11H2,3H3,(H,17,19)/b13-6+. The summed E-state index contributed by atoms with van der Waals surface area (Å²) in [5.74, 6) is -0.331. The normalized spacial score (nSPS) is 10.7. The Labute approximate surface area is 113 Å². The number of nitrogens with one attached hydrogen (secondary N) is 1. The van der Waals surface area contributed by atoms with Crippen molar-refractivity contribution in [1.29, 1.82) is 0 Å². The zero-order chi connectivity index (χ0) is 14.3. The van der Waals surface area contributed by atoms with Gasteiger partial charge in [0.05, 0.1) is 6.54 Å². The summed E-state index contributed by atoms with van der Waals surface area (Å²) in [7, 11) is 0. The Morgan fingerprint density at radius 2 is 1.74 bits per heavy atom. The van der Waals surface area contributed by atoms with Gasteiger partial charge in [-0.25, -0.2) is 0 Å². The predicted octanol–water partition coefficient (Wildman–Crippen LogP) is 2.76. The molecular weight excluding hydrogens is 238 g/mol. The highest BCUT2D eigenvalue weighted by molar-refractivity contribution is 5.96. The Morgan fingerprint density at radius 1 is 1.16 bits per heavy atom. The first kappa shape index (κ1) is 14.6. The molecule has 19 heavy (non-hydrogen) atoms. The first-order valence-electron chi connectivity index (χ1n) is 5.91. The maximum atomic E-state index is 11.7. The van der Waals surface area contributed by atoms with Gasteiger partial charge in [0.15, 0.2) is 0 Å². The van der Waals surface area contributed by atoms with E-state index in [0.29, 0.717) is 5.56 Å². The minimum absolute atomic E-state index is 0.0505. The first-order chi connectivity index (χ1) is 9.08. The summed E-state index contributed by atoms with van der Waals surface area (Å²) in [5.41, 5.74) is 2.41. The molecule has 0 fully saturated rings. The number of Topliss-reactive ketones (excluding diaryl/α,β-unsaturated/α-hetero) is 1. The quantitative estimate of drug-likeness (QED) is 0.794. The largest absolute Gasteiger partial charge is 0.345 e. The maximum absolute atomic E-state index is 11.7. The lowest BCUT2D eigenvalue weighted by Crippen LogP contribution is -2.28. The molecule has 98 valence electrons. The molecule has 0 radical (unpaired) electrons. The van der Waals surface area contributed by atoms with Gasteiger partial charge in [-0.3, -0.25) is 9.59 Å². The second-order valence-corrected chi connectivity index (χ2v) is 4.02. The fraction of sp³-hybridized carbons (Fsp3) is 0.125. The van der Waals surface area contributed by atoms with Gasteiger partial charge in [0.1, 0.15) is 5.78 Å². The summed E-state index contributed by atoms with van der Waals surface area (Å²) in [6.07, 6.45) is 5.26. The Morgan fingerprint density at radius 3 is 2.21 bits per heavy atom. The minimum Gasteiger partial charge on any atom is -0.345 e. The van der Waals surface area contributed by atoms with Crippen molar-refractivity contribution < 1.29 is 9.59 Å². The highest BCUT2D eigenvalue weighted by Crippen LogP contribution is 2.16. The molecule has 0 aromatic heterocycles. The Hall–Kier alpha value is -2.42. The van der Waals surface area contributed by atoms with Gasteiger partial charge in [-0.2, -0.15) is 0 Å². The molecule has 0 atom stereocenters. The van der Waals surface area contributed by atoms with Gasteiger partial charge in [0.25, 0.3) is 5.91 Å². The van der Waals surface area contributed by atoms with Crippen LogP contribution >= 0.6 is 0 Å². The van der Waals surface area contributed by atoms with E-state index in [9.17, 15) is 9.59 Å². The van der Waals surface area contributed by atoms with Crippen molar-refractivity contribution in [3.63, 3.8) is 0 Å². The van der Waals surface area contributed by atoms with E-state index in [1.807, 2.05) is 18.2 Å². The number of carbonyl (C=O) groups is 2. The lowest BCUT2D eigenvalue weighted by molar-refractivity contribution is -0.116. The molecule has 3 nitrogen and oxygen atoms in total. The van der Waals surface area contributed by atoms with Gasteiger partial charge in [-0.1, -0.05) is 43.5 Å². The van der Waals surface area contributed by atoms with Crippen molar-refractivity contribution in [2.24, 2.45) is 0 Å². The van der Waals surface area contributed by atoms with Crippen LogP contribution in [0.5, 0.6) is 0 Å². The number of rotatable bonds is 6. The van der Waals surface area contributed by atoms with E-state index >= 15 is 0 Å². The summed E-state index contributed by atoms with van der Waals surface area (Å²) in [5, 5.41) is 2.55. The molecule has 0 unspecified atom stereocenters. The van der Waals surface area contributed by atoms with Gasteiger partial charge < -0.3 is 5.32 Å². The molecule has 0 heterocycles. The van der Waals surface area contributed by atoms with Gasteiger partial charge in [-0.05, 0) is 30.2 Å². The van der Waals surface area contributed by atoms with E-state index in [0.717, 1.165) is 11.1 Å². The SMILES string of the molecule is C=C/C=C(\C=C)c1ccc(C(=O)NCC(C)=O)cc1. The van der Waals surface area contributed by atoms with E-state index in [4.69, 9.17) is 0 Å². The highest BCUT2D eigenvalue weighted by atomic mass is 16.2. The van der Waals surface area contributed by atoms with Gasteiger partial charge >= 0.3 is 0 Å². The zero-order valence-corrected chi connectivity index (χ0v) is 11.0. The van der Waals surface area contributed by atoms with Crippen LogP contribution in [-0.2, 0) is 4.79 Å². The van der Waals surface area contributed by atoms with Crippen LogP contribution in [0.25, 0.3) is 5.57 Å². The Kier molecular flexibility index (Phi) is 5.48. The van der Waals surface area contributed by atoms with E-state index < -0.39 is 0 Å². The molecule has 0 saturated carbocycles. The summed E-state index contributed by atoms with van der Waals surface area (Å²) >= 11 is 0. The number of hydrogen-bond acceptors (Lipinski definition) is 2. The maximum Gasteiger partial charge on any atom is 0.251 e. The van der Waals surface area contributed by atoms with Crippen LogP contribution in [0.2, 0.25) is 0 Å². The van der Waals surface area contributed by atoms with Crippen molar-refractivity contribution >= 4 is 17.3 Å². The van der Waals surface area contributed by atoms with Crippen molar-refractivity contribution in [3.05, 3.63) is 66.8 Å². The molecule has 0 aliphatic rings. The molecule has 0 aliphatic carbocycles. The van der Waals surface area contributed by atoms with Crippen molar-refractivity contribution in [2.75, 3.05) is 6.54 Å². The number of benzene rings is 1. The van der Waals surface area contributed by atoms with Crippen LogP contribution in [0.15, 0.2) is 55.7 Å². The van der Waals surface area contributed by atoms with Crippen LogP contribution in [-0.4, -0.2) is 18.2 Å². The average Bonchev–Trinajstić information content (AvgIpc) is 2.42. The van der Waals surface area contributed by atoms with E-state index in [2.05, 4.69) is 18.5 Å². The summed E-state index contributed by atoms with van der Waals surface area (Å²) < 4.78 is 0. The second kappa shape index (κ2) is 7.11. The van der Waals surface area contributed by atoms with Gasteiger partial charge in [0.2, 0.25) is 0 Å². The fourth-order valence-electron chi connectivity index (χ4n) is 1.53. The monoisotopic (exact) mass is 255 g/mol. The van der Waals surface area contributed by atoms with E-state index in [1.165, 1.54) is 6.92 Å². The molecule has 0 saturated heterocycles. The third-order valence-electron chi connectivity index (χ3n) is 2.50. The van der Waals surface area contributed by atoms with Crippen LogP contribution < -0.4 is 5.32 Å². The third-order valence-corrected chi connectivity index (χ3v) is 2.50. The topological polar surface area (TPSA) is 46.2 Å². The number of hydrogen-bond donors (Lipinski definition) is 1. The average molecular weight is 255 g/mol. The molecule has 3 heteroatoms. The molecule has 1 aromatic carbocycles. The smallest absolute Gasteiger partial charge is 0.251 e. The highest BCUT2D eigenvalue weighted by Gasteiger charge is 2.06. The zero-order valence-electron chi connectivity index (χ0n) is 11.0. The van der Waals surface area contributed by atoms with Crippen LogP contribution in [0.3, 0.4) is 0 Å². The summed E-state index contributed by atoms with van der Waals surface area (Å²) in [6.45, 7) is 8.85. The predicted molar refractivity (Wildman–Crippen MR) is 77.8 cm³/mol. The van der Waals surface area contributed by atoms with Crippen molar-refractivity contribution in [2.45, 2.75) is 6.92 Å². The Bertz CT molecular complexity index is 524. The van der Waals surface area contributed by atoms with Crippen molar-refractivity contribution in [3.8, 4) is 0 Å². The first-order valence-corrected chi connectivity index (χ1v) is 5.91. The number of amides is 1. The molecular formula is C16H17NO2. The molecule has 1 N–H and O–H groups in total. The number of allylic oxidation sites excluding steroid dienone is 4. The number of carbonyl (C=O) groups excluding carboxylic acids is 2. The van der Waals surface area contributed by atoms with E-state index in [-0.39, 0.29) is 18.2 Å². The third kappa shape index (κ3) is 4.39. The fourth-order valence-corrected chi connectivity index (χ4v) is 1.53. The van der Waals surface area contributed by atoms with Crippen LogP contribution in [0.4, 0.5) is 0 Å². The molecule has 1 amide bonds. The lowest BCUT2D eigenvalue weighted by Gasteiger charge is -2.05. The molecule has 1 rings (SSSR count). The van der Waals surface area contributed by atoms with E-state index in [1.54, 1.807) is 24.3 Å². The minimum atomic E-state index is -0.255. The van der Waals surface area contributed by atoms with Crippen LogP contribution in [0, 0.1) is 0 Å². The van der Waals surface area contributed by atoms with Gasteiger partial charge in [-0.15, -0.1) is 0 Å². The Balaban J connectivity index is 2.84. The molecule has 0 bridgehead atoms. The molecule has 0 aliphatic heterocycles. The van der Waals surface area contributed by atoms with Crippen LogP contribution in [0.1, 0.15) is 22.8 Å². The number of ketones is 1. The summed E-state index contributed by atoms with van der Waals surface area (Å²) in [6, 6.07) is 7.09. The molecule has 0 spiro atoms. The summed E-state index contributed by atoms with van der Waals surface area (Å²) in [4.78, 5) is 22.5. The van der Waals surface area contributed by atoms with Crippen molar-refractivity contribution in [1.82, 2.24) is 5.32 Å². The van der Waals surface area contributed by atoms with Gasteiger partial charge in [0, 0.05) is 5.56 Å². The molecule has 1 aromatic rings. The second-order valence-electron chi connectivity index (χ2n) is 4.02.